The number of phenolic OH excluding ortho intramolecular Hbond substituents is 1. The molecule has 1 aliphatic carbocycles. The van der Waals surface area contributed by atoms with E-state index in [0.29, 0.717) is 61.9 Å². The fourth-order valence-corrected chi connectivity index (χ4v) is 6.29. The first-order valence-corrected chi connectivity index (χ1v) is 16.2. The van der Waals surface area contributed by atoms with Crippen LogP contribution in [0.15, 0.2) is 103 Å². The molecule has 0 spiro atoms. The first-order chi connectivity index (χ1) is 23.5. The van der Waals surface area contributed by atoms with E-state index in [-0.39, 0.29) is 11.5 Å². The molecule has 0 radical (unpaired) electrons. The van der Waals surface area contributed by atoms with E-state index in [2.05, 4.69) is 24.1 Å². The number of carbonyl (C=O) groups is 1. The number of nitrogens with one attached hydrogen (secondary N) is 1. The summed E-state index contributed by atoms with van der Waals surface area (Å²) in [6.07, 6.45) is 2.00. The van der Waals surface area contributed by atoms with E-state index in [1.807, 2.05) is 97.1 Å². The Morgan fingerprint density at radius 3 is 2.17 bits per heavy atom. The lowest BCUT2D eigenvalue weighted by atomic mass is 9.85. The van der Waals surface area contributed by atoms with Gasteiger partial charge in [-0.05, 0) is 61.4 Å². The molecule has 240 valence electrons. The summed E-state index contributed by atoms with van der Waals surface area (Å²) in [7, 11) is 1.62. The number of aromatic nitrogens is 2. The van der Waals surface area contributed by atoms with Crippen LogP contribution in [-0.4, -0.2) is 41.1 Å². The molecule has 1 aliphatic rings. The van der Waals surface area contributed by atoms with Crippen molar-refractivity contribution in [3.63, 3.8) is 0 Å². The topological polar surface area (TPSA) is 96.8 Å². The minimum atomic E-state index is -0.138. The number of hydrogen-bond acceptors (Lipinski definition) is 8. The third-order valence-corrected chi connectivity index (χ3v) is 8.51. The van der Waals surface area contributed by atoms with Crippen molar-refractivity contribution in [1.82, 2.24) is 9.97 Å². The number of ether oxygens (including phenoxy) is 2. The number of rotatable bonds is 11. The highest BCUT2D eigenvalue weighted by Gasteiger charge is 2.32. The van der Waals surface area contributed by atoms with E-state index in [0.717, 1.165) is 43.1 Å². The number of phenols is 1. The molecule has 6 aromatic rings. The summed E-state index contributed by atoms with van der Waals surface area (Å²) in [5.74, 6) is 2.07. The molecule has 0 fully saturated rings. The van der Waals surface area contributed by atoms with Crippen LogP contribution in [0.2, 0.25) is 0 Å². The molecular weight excluding hydrogens is 600 g/mol. The maximum atomic E-state index is 14.3. The third-order valence-electron chi connectivity index (χ3n) is 8.51. The number of anilines is 3. The molecule has 2 N–H and O–H groups in total. The van der Waals surface area contributed by atoms with E-state index >= 15 is 0 Å². The maximum absolute atomic E-state index is 14.3. The number of fused-ring (bicyclic) bond motifs is 2. The van der Waals surface area contributed by atoms with Gasteiger partial charge in [-0.3, -0.25) is 4.79 Å². The molecule has 48 heavy (non-hydrogen) atoms. The Kier molecular flexibility index (Phi) is 8.38. The number of nitrogens with zero attached hydrogens (tertiary/aromatic N) is 3. The predicted molar refractivity (Wildman–Crippen MR) is 191 cm³/mol. The van der Waals surface area contributed by atoms with E-state index in [1.54, 1.807) is 13.2 Å². The van der Waals surface area contributed by atoms with Crippen LogP contribution in [0.4, 0.5) is 17.1 Å². The molecule has 0 amide bonds. The Morgan fingerprint density at radius 1 is 0.771 bits per heavy atom. The first kappa shape index (κ1) is 30.7. The van der Waals surface area contributed by atoms with Gasteiger partial charge in [0.05, 0.1) is 29.6 Å². The summed E-state index contributed by atoms with van der Waals surface area (Å²) in [6.45, 7) is 6.08. The summed E-state index contributed by atoms with van der Waals surface area (Å²) in [6, 6.07) is 31.9. The number of carbonyl (C=O) groups excluding carboxylic acids is 1. The molecule has 0 saturated heterocycles. The van der Waals surface area contributed by atoms with Gasteiger partial charge in [0.15, 0.2) is 17.4 Å². The van der Waals surface area contributed by atoms with Gasteiger partial charge in [-0.15, -0.1) is 0 Å². The summed E-state index contributed by atoms with van der Waals surface area (Å²) < 4.78 is 11.8. The van der Waals surface area contributed by atoms with Crippen molar-refractivity contribution < 1.29 is 19.4 Å². The molecule has 0 atom stereocenters. The lowest BCUT2D eigenvalue weighted by Gasteiger charge is -2.25. The number of aromatic hydroxyl groups is 1. The van der Waals surface area contributed by atoms with Gasteiger partial charge in [-0.25, -0.2) is 9.97 Å². The Balaban J connectivity index is 1.47. The molecule has 0 unspecified atom stereocenters. The van der Waals surface area contributed by atoms with Crippen LogP contribution in [0.1, 0.15) is 42.6 Å². The highest BCUT2D eigenvalue weighted by Crippen LogP contribution is 2.47. The smallest absolute Gasteiger partial charge is 0.196 e. The molecule has 0 bridgehead atoms. The van der Waals surface area contributed by atoms with Crippen LogP contribution in [-0.2, 0) is 0 Å². The van der Waals surface area contributed by atoms with Crippen LogP contribution in [0, 0.1) is 0 Å². The molecule has 5 aromatic carbocycles. The van der Waals surface area contributed by atoms with Crippen molar-refractivity contribution in [3.05, 3.63) is 114 Å². The number of para-hydroxylation sites is 1. The molecule has 1 heterocycles. The Bertz CT molecular complexity index is 2130. The quantitative estimate of drug-likeness (QED) is 0.145. The largest absolute Gasteiger partial charge is 0.507 e. The van der Waals surface area contributed by atoms with E-state index in [1.165, 1.54) is 0 Å². The van der Waals surface area contributed by atoms with Gasteiger partial charge in [0.1, 0.15) is 22.8 Å². The average molecular weight is 637 g/mol. The Hall–Kier alpha value is -5.89. The average Bonchev–Trinajstić information content (AvgIpc) is 3.11. The Labute approximate surface area is 279 Å². The third kappa shape index (κ3) is 5.66. The van der Waals surface area contributed by atoms with Crippen molar-refractivity contribution in [2.75, 3.05) is 30.4 Å². The zero-order valence-corrected chi connectivity index (χ0v) is 27.2. The number of methoxy groups -OCH3 is 1. The standard InChI is InChI=1S/C40H36N4O4/c1-4-21-44(22-5-2)26-17-20-31(33(45)23-26)40-42-37-29-13-9-10-14-30(29)39(46)35-32(41-25-15-18-27(47-3)19-16-25)24-34(38(43-40)36(35)37)48-28-11-7-6-8-12-28/h6-20,23-24,41,45H,4-5,21-22H2,1-3H3. The van der Waals surface area contributed by atoms with Gasteiger partial charge in [0.2, 0.25) is 0 Å². The fourth-order valence-electron chi connectivity index (χ4n) is 6.29. The molecule has 8 nitrogen and oxygen atoms in total. The van der Waals surface area contributed by atoms with Crippen molar-refractivity contribution >= 4 is 33.7 Å². The van der Waals surface area contributed by atoms with Gasteiger partial charge in [0, 0.05) is 53.1 Å². The SMILES string of the molecule is CCCN(CCC)c1ccc(-c2nc3c4c(c(Nc5ccc(OC)cc5)cc(Oc5ccccc5)c4n2)C(=O)c2ccccc2-3)c(O)c1. The van der Waals surface area contributed by atoms with Crippen molar-refractivity contribution in [2.45, 2.75) is 26.7 Å². The van der Waals surface area contributed by atoms with Crippen LogP contribution >= 0.6 is 0 Å². The molecule has 7 rings (SSSR count). The van der Waals surface area contributed by atoms with Gasteiger partial charge >= 0.3 is 0 Å². The number of hydrogen-bond donors (Lipinski definition) is 2. The van der Waals surface area contributed by atoms with Gasteiger partial charge in [0.25, 0.3) is 0 Å². The van der Waals surface area contributed by atoms with Crippen molar-refractivity contribution in [1.29, 1.82) is 0 Å². The summed E-state index contributed by atoms with van der Waals surface area (Å²) in [5.41, 5.74) is 5.54. The lowest BCUT2D eigenvalue weighted by molar-refractivity contribution is 0.104. The molecular formula is C40H36N4O4. The van der Waals surface area contributed by atoms with Gasteiger partial charge in [-0.1, -0.05) is 56.3 Å². The second-order valence-corrected chi connectivity index (χ2v) is 11.7. The highest BCUT2D eigenvalue weighted by molar-refractivity contribution is 6.28. The molecule has 0 saturated carbocycles. The maximum Gasteiger partial charge on any atom is 0.196 e. The van der Waals surface area contributed by atoms with Crippen LogP contribution < -0.4 is 19.7 Å². The van der Waals surface area contributed by atoms with E-state index in [9.17, 15) is 9.90 Å². The Morgan fingerprint density at radius 2 is 1.48 bits per heavy atom. The van der Waals surface area contributed by atoms with Crippen LogP contribution in [0.5, 0.6) is 23.0 Å². The van der Waals surface area contributed by atoms with E-state index < -0.39 is 0 Å². The summed E-state index contributed by atoms with van der Waals surface area (Å²) in [4.78, 5) is 26.7. The van der Waals surface area contributed by atoms with Crippen LogP contribution in [0.3, 0.4) is 0 Å². The van der Waals surface area contributed by atoms with E-state index in [4.69, 9.17) is 19.4 Å². The molecule has 0 aliphatic heterocycles. The normalized spacial score (nSPS) is 11.7. The summed E-state index contributed by atoms with van der Waals surface area (Å²) >= 11 is 0. The van der Waals surface area contributed by atoms with Gasteiger partial charge < -0.3 is 24.8 Å². The van der Waals surface area contributed by atoms with Crippen LogP contribution in [0.25, 0.3) is 33.5 Å². The summed E-state index contributed by atoms with van der Waals surface area (Å²) in [5, 5.41) is 15.4. The molecule has 8 heteroatoms. The predicted octanol–water partition coefficient (Wildman–Crippen LogP) is 9.38. The fraction of sp³-hybridized carbons (Fsp3) is 0.175. The molecule has 1 aromatic heterocycles. The minimum Gasteiger partial charge on any atom is -0.507 e. The monoisotopic (exact) mass is 636 g/mol. The first-order valence-electron chi connectivity index (χ1n) is 16.2. The number of benzene rings is 5. The van der Waals surface area contributed by atoms with Crippen molar-refractivity contribution in [3.8, 4) is 45.6 Å². The minimum absolute atomic E-state index is 0.0833. The van der Waals surface area contributed by atoms with Gasteiger partial charge in [-0.2, -0.15) is 0 Å². The zero-order chi connectivity index (χ0) is 33.2. The second kappa shape index (κ2) is 13.1. The second-order valence-electron chi connectivity index (χ2n) is 11.7. The lowest BCUT2D eigenvalue weighted by Crippen LogP contribution is -2.24. The van der Waals surface area contributed by atoms with Crippen molar-refractivity contribution in [2.24, 2.45) is 0 Å². The zero-order valence-electron chi connectivity index (χ0n) is 27.2. The number of ketones is 1. The highest BCUT2D eigenvalue weighted by atomic mass is 16.5.